The highest BCUT2D eigenvalue weighted by Gasteiger charge is 2.18. The van der Waals surface area contributed by atoms with Crippen molar-refractivity contribution >= 4 is 35.0 Å². The van der Waals surface area contributed by atoms with Crippen molar-refractivity contribution in [2.75, 3.05) is 10.6 Å². The molecule has 31 heavy (non-hydrogen) atoms. The first-order valence-corrected chi connectivity index (χ1v) is 10.7. The molecule has 8 nitrogen and oxygen atoms in total. The van der Waals surface area contributed by atoms with Crippen LogP contribution in [-0.2, 0) is 9.59 Å². The molecule has 0 radical (unpaired) electrons. The number of rotatable bonds is 7. The van der Waals surface area contributed by atoms with Crippen molar-refractivity contribution in [3.63, 3.8) is 0 Å². The highest BCUT2D eigenvalue weighted by atomic mass is 32.2. The zero-order valence-electron chi connectivity index (χ0n) is 17.4. The molecule has 2 aromatic carbocycles. The predicted molar refractivity (Wildman–Crippen MR) is 122 cm³/mol. The number of thioether (sulfide) groups is 1. The number of hydrogen-bond donors (Lipinski definition) is 3. The summed E-state index contributed by atoms with van der Waals surface area (Å²) in [6, 6.07) is 14.5. The van der Waals surface area contributed by atoms with Crippen LogP contribution in [0.5, 0.6) is 0 Å². The molecule has 0 fully saturated rings. The van der Waals surface area contributed by atoms with E-state index in [2.05, 4.69) is 25.8 Å². The highest BCUT2D eigenvalue weighted by Crippen LogP contribution is 2.26. The van der Waals surface area contributed by atoms with Gasteiger partial charge in [0.05, 0.1) is 10.9 Å². The summed E-state index contributed by atoms with van der Waals surface area (Å²) in [5, 5.41) is 13.5. The summed E-state index contributed by atoms with van der Waals surface area (Å²) in [5.41, 5.74) is 2.23. The second kappa shape index (κ2) is 10.0. The van der Waals surface area contributed by atoms with E-state index in [1.807, 2.05) is 31.2 Å². The van der Waals surface area contributed by atoms with E-state index in [0.29, 0.717) is 23.4 Å². The van der Waals surface area contributed by atoms with Crippen molar-refractivity contribution < 1.29 is 9.59 Å². The number of benzene rings is 2. The van der Waals surface area contributed by atoms with Crippen LogP contribution in [0.3, 0.4) is 0 Å². The highest BCUT2D eigenvalue weighted by molar-refractivity contribution is 8.00. The van der Waals surface area contributed by atoms with Crippen molar-refractivity contribution in [2.45, 2.75) is 37.6 Å². The molecular formula is C22H23N5O3S. The average molecular weight is 438 g/mol. The van der Waals surface area contributed by atoms with Crippen LogP contribution >= 0.6 is 11.8 Å². The minimum absolute atomic E-state index is 0.0980. The molecule has 0 aliphatic rings. The second-order valence-corrected chi connectivity index (χ2v) is 8.20. The summed E-state index contributed by atoms with van der Waals surface area (Å²) in [4.78, 5) is 39.6. The van der Waals surface area contributed by atoms with Gasteiger partial charge < -0.3 is 10.6 Å². The van der Waals surface area contributed by atoms with E-state index in [9.17, 15) is 14.4 Å². The summed E-state index contributed by atoms with van der Waals surface area (Å²) in [5.74, 6) is -0.383. The molecule has 3 aromatic rings. The Morgan fingerprint density at radius 1 is 1.10 bits per heavy atom. The number of aromatic nitrogens is 3. The number of carbonyl (C=O) groups excluding carboxylic acids is 2. The van der Waals surface area contributed by atoms with Gasteiger partial charge in [0.15, 0.2) is 10.9 Å². The van der Waals surface area contributed by atoms with Crippen LogP contribution in [0.4, 0.5) is 11.4 Å². The van der Waals surface area contributed by atoms with E-state index in [-0.39, 0.29) is 22.7 Å². The first kappa shape index (κ1) is 22.2. The molecule has 3 rings (SSSR count). The van der Waals surface area contributed by atoms with E-state index in [4.69, 9.17) is 0 Å². The number of nitrogens with one attached hydrogen (secondary N) is 3. The van der Waals surface area contributed by atoms with Crippen LogP contribution in [0, 0.1) is 6.92 Å². The van der Waals surface area contributed by atoms with Crippen molar-refractivity contribution in [2.24, 2.45) is 0 Å². The van der Waals surface area contributed by atoms with Crippen LogP contribution in [0.25, 0.3) is 11.3 Å². The molecule has 1 heterocycles. The molecule has 3 N–H and O–H groups in total. The normalized spacial score (nSPS) is 11.6. The molecule has 2 amide bonds. The van der Waals surface area contributed by atoms with Gasteiger partial charge in [0, 0.05) is 17.7 Å². The molecule has 1 aromatic heterocycles. The molecule has 0 bridgehead atoms. The van der Waals surface area contributed by atoms with Gasteiger partial charge in [-0.3, -0.25) is 19.4 Å². The number of amides is 2. The third-order valence-corrected chi connectivity index (χ3v) is 5.38. The van der Waals surface area contributed by atoms with Gasteiger partial charge in [0.2, 0.25) is 11.8 Å². The smallest absolute Gasteiger partial charge is 0.278 e. The monoisotopic (exact) mass is 437 g/mol. The molecule has 0 aliphatic heterocycles. The Balaban J connectivity index is 1.79. The van der Waals surface area contributed by atoms with E-state index in [1.165, 1.54) is 0 Å². The molecule has 160 valence electrons. The largest absolute Gasteiger partial charge is 0.325 e. The SMILES string of the molecule is CCC(=O)Nc1ccc(C)cc1-c1nnc(S[C@@H](C)C(=O)Nc2ccccc2)[nH]c1=O. The topological polar surface area (TPSA) is 117 Å². The summed E-state index contributed by atoms with van der Waals surface area (Å²) in [6.45, 7) is 5.35. The van der Waals surface area contributed by atoms with Gasteiger partial charge in [-0.05, 0) is 38.1 Å². The zero-order valence-corrected chi connectivity index (χ0v) is 18.2. The lowest BCUT2D eigenvalue weighted by Crippen LogP contribution is -2.23. The summed E-state index contributed by atoms with van der Waals surface area (Å²) >= 11 is 1.10. The summed E-state index contributed by atoms with van der Waals surface area (Å²) in [7, 11) is 0. The molecule has 1 atom stereocenters. The lowest BCUT2D eigenvalue weighted by Gasteiger charge is -2.12. The van der Waals surface area contributed by atoms with Gasteiger partial charge in [-0.15, -0.1) is 10.2 Å². The minimum Gasteiger partial charge on any atom is -0.325 e. The first-order valence-electron chi connectivity index (χ1n) is 9.77. The predicted octanol–water partition coefficient (Wildman–Crippen LogP) is 3.61. The molecule has 9 heteroatoms. The number of para-hydroxylation sites is 1. The van der Waals surface area contributed by atoms with Crippen LogP contribution in [0.1, 0.15) is 25.8 Å². The fourth-order valence-corrected chi connectivity index (χ4v) is 3.48. The Bertz CT molecular complexity index is 1150. The molecule has 0 saturated heterocycles. The van der Waals surface area contributed by atoms with Gasteiger partial charge >= 0.3 is 0 Å². The first-order chi connectivity index (χ1) is 14.9. The number of anilines is 2. The van der Waals surface area contributed by atoms with Crippen molar-refractivity contribution in [3.8, 4) is 11.3 Å². The quantitative estimate of drug-likeness (QED) is 0.486. The maximum Gasteiger partial charge on any atom is 0.278 e. The second-order valence-electron chi connectivity index (χ2n) is 6.87. The minimum atomic E-state index is -0.505. The molecule has 0 unspecified atom stereocenters. The number of aromatic amines is 1. The Labute approximate surface area is 183 Å². The number of aryl methyl sites for hydroxylation is 1. The molecular weight excluding hydrogens is 414 g/mol. The van der Waals surface area contributed by atoms with Crippen LogP contribution in [-0.4, -0.2) is 32.2 Å². The fourth-order valence-electron chi connectivity index (χ4n) is 2.74. The number of hydrogen-bond acceptors (Lipinski definition) is 6. The van der Waals surface area contributed by atoms with Gasteiger partial charge in [0.1, 0.15) is 0 Å². The maximum absolute atomic E-state index is 12.7. The van der Waals surface area contributed by atoms with Gasteiger partial charge in [-0.25, -0.2) is 0 Å². The van der Waals surface area contributed by atoms with E-state index >= 15 is 0 Å². The average Bonchev–Trinajstić information content (AvgIpc) is 2.75. The Morgan fingerprint density at radius 2 is 1.84 bits per heavy atom. The fraction of sp³-hybridized carbons (Fsp3) is 0.227. The molecule has 0 spiro atoms. The van der Waals surface area contributed by atoms with Crippen molar-refractivity contribution in [1.29, 1.82) is 0 Å². The van der Waals surface area contributed by atoms with Gasteiger partial charge in [-0.1, -0.05) is 48.5 Å². The third kappa shape index (κ3) is 5.79. The molecule has 0 saturated carbocycles. The Kier molecular flexibility index (Phi) is 7.19. The van der Waals surface area contributed by atoms with E-state index < -0.39 is 10.8 Å². The summed E-state index contributed by atoms with van der Waals surface area (Å²) in [6.07, 6.45) is 0.313. The van der Waals surface area contributed by atoms with E-state index in [1.54, 1.807) is 38.1 Å². The standard InChI is InChI=1S/C22H23N5O3S/c1-4-18(28)24-17-11-10-13(2)12-16(17)19-21(30)25-22(27-26-19)31-14(3)20(29)23-15-8-6-5-7-9-15/h5-12,14H,4H2,1-3H3,(H,23,29)(H,24,28)(H,25,27,30)/t14-/m0/s1. The zero-order chi connectivity index (χ0) is 22.4. The lowest BCUT2D eigenvalue weighted by molar-refractivity contribution is -0.116. The van der Waals surface area contributed by atoms with Crippen LogP contribution in [0.2, 0.25) is 0 Å². The van der Waals surface area contributed by atoms with E-state index in [0.717, 1.165) is 17.3 Å². The van der Waals surface area contributed by atoms with Crippen LogP contribution < -0.4 is 16.2 Å². The lowest BCUT2D eigenvalue weighted by atomic mass is 10.1. The number of H-pyrrole nitrogens is 1. The summed E-state index contributed by atoms with van der Waals surface area (Å²) < 4.78 is 0. The Morgan fingerprint density at radius 3 is 2.52 bits per heavy atom. The maximum atomic E-state index is 12.7. The third-order valence-electron chi connectivity index (χ3n) is 4.40. The Hall–Kier alpha value is -3.46. The number of nitrogens with zero attached hydrogens (tertiary/aromatic N) is 2. The van der Waals surface area contributed by atoms with Crippen molar-refractivity contribution in [3.05, 3.63) is 64.4 Å². The number of carbonyl (C=O) groups is 2. The van der Waals surface area contributed by atoms with Gasteiger partial charge in [-0.2, -0.15) is 0 Å². The van der Waals surface area contributed by atoms with Crippen LogP contribution in [0.15, 0.2) is 58.5 Å². The van der Waals surface area contributed by atoms with Gasteiger partial charge in [0.25, 0.3) is 5.56 Å². The molecule has 0 aliphatic carbocycles. The van der Waals surface area contributed by atoms with Crippen molar-refractivity contribution in [1.82, 2.24) is 15.2 Å².